The van der Waals surface area contributed by atoms with Crippen molar-refractivity contribution in [2.75, 3.05) is 5.75 Å². The number of carbonyl (C=O) groups excluding carboxylic acids is 1. The molecule has 2 aromatic heterocycles. The van der Waals surface area contributed by atoms with Gasteiger partial charge in [0.1, 0.15) is 0 Å². The lowest BCUT2D eigenvalue weighted by molar-refractivity contribution is 0.102. The number of hydrogen-bond donors (Lipinski definition) is 0. The first-order valence-corrected chi connectivity index (χ1v) is 9.20. The Labute approximate surface area is 154 Å². The van der Waals surface area contributed by atoms with Crippen molar-refractivity contribution in [3.63, 3.8) is 0 Å². The molecule has 0 unspecified atom stereocenters. The zero-order chi connectivity index (χ0) is 18.3. The Morgan fingerprint density at radius 1 is 1.00 bits per heavy atom. The highest BCUT2D eigenvalue weighted by molar-refractivity contribution is 7.99. The highest BCUT2D eigenvalue weighted by atomic mass is 32.2. The Bertz CT molecular complexity index is 1210. The fraction of sp³-hybridized carbons (Fsp3) is 0.150. The maximum absolute atomic E-state index is 12.6. The Kier molecular flexibility index (Phi) is 4.12. The molecule has 0 saturated heterocycles. The first-order chi connectivity index (χ1) is 12.5. The van der Waals surface area contributed by atoms with Crippen LogP contribution in [0.5, 0.6) is 0 Å². The Morgan fingerprint density at radius 3 is 2.62 bits per heavy atom. The second-order valence-electron chi connectivity index (χ2n) is 6.16. The van der Waals surface area contributed by atoms with Gasteiger partial charge in [-0.2, -0.15) is 0 Å². The van der Waals surface area contributed by atoms with Crippen LogP contribution in [0.15, 0.2) is 64.4 Å². The van der Waals surface area contributed by atoms with E-state index >= 15 is 0 Å². The molecular formula is C20H17N3O2S. The van der Waals surface area contributed by atoms with Gasteiger partial charge in [-0.15, -0.1) is 0 Å². The van der Waals surface area contributed by atoms with Crippen molar-refractivity contribution in [2.24, 2.45) is 14.1 Å². The molecule has 0 atom stereocenters. The molecule has 0 aliphatic heterocycles. The summed E-state index contributed by atoms with van der Waals surface area (Å²) >= 11 is 1.42. The number of Topliss-reactive ketones (excluding diaryl/α,β-unsaturated/α-hetero) is 1. The molecule has 0 aliphatic rings. The van der Waals surface area contributed by atoms with Crippen LogP contribution in [0.2, 0.25) is 0 Å². The van der Waals surface area contributed by atoms with Crippen LogP contribution in [0.3, 0.4) is 0 Å². The number of para-hydroxylation sites is 1. The number of thioether (sulfide) groups is 1. The number of nitrogens with zero attached hydrogens (tertiary/aromatic N) is 3. The Morgan fingerprint density at radius 2 is 1.77 bits per heavy atom. The number of ketones is 1. The zero-order valence-corrected chi connectivity index (χ0v) is 15.3. The molecule has 5 nitrogen and oxygen atoms in total. The second-order valence-corrected chi connectivity index (χ2v) is 7.15. The molecule has 0 bridgehead atoms. The van der Waals surface area contributed by atoms with E-state index in [0.29, 0.717) is 11.3 Å². The second kappa shape index (κ2) is 6.46. The molecule has 2 heterocycles. The predicted octanol–water partition coefficient (Wildman–Crippen LogP) is 3.40. The highest BCUT2D eigenvalue weighted by Crippen LogP contribution is 2.22. The summed E-state index contributed by atoms with van der Waals surface area (Å²) in [5.41, 5.74) is 3.01. The molecule has 0 aliphatic carbocycles. The van der Waals surface area contributed by atoms with Crippen LogP contribution in [0.1, 0.15) is 10.4 Å². The monoisotopic (exact) mass is 363 g/mol. The maximum atomic E-state index is 12.6. The fourth-order valence-corrected chi connectivity index (χ4v) is 3.80. The van der Waals surface area contributed by atoms with Gasteiger partial charge in [-0.25, -0.2) is 9.78 Å². The number of hydrogen-bond acceptors (Lipinski definition) is 4. The molecule has 6 heteroatoms. The van der Waals surface area contributed by atoms with Crippen molar-refractivity contribution in [3.05, 3.63) is 70.6 Å². The summed E-state index contributed by atoms with van der Waals surface area (Å²) in [5, 5.41) is 1.91. The van der Waals surface area contributed by atoms with Crippen molar-refractivity contribution in [1.82, 2.24) is 14.1 Å². The molecule has 0 spiro atoms. The summed E-state index contributed by atoms with van der Waals surface area (Å²) in [5.74, 6) is 0.320. The number of rotatable bonds is 4. The average molecular weight is 363 g/mol. The minimum Gasteiger partial charge on any atom is -0.295 e. The summed E-state index contributed by atoms with van der Waals surface area (Å²) in [6.07, 6.45) is 0. The van der Waals surface area contributed by atoms with Crippen molar-refractivity contribution in [1.29, 1.82) is 0 Å². The van der Waals surface area contributed by atoms with Crippen LogP contribution in [-0.4, -0.2) is 25.7 Å². The number of imidazole rings is 1. The van der Waals surface area contributed by atoms with Gasteiger partial charge in [0.05, 0.1) is 27.3 Å². The molecule has 0 N–H and O–H groups in total. The third-order valence-corrected chi connectivity index (χ3v) is 5.45. The van der Waals surface area contributed by atoms with Gasteiger partial charge in [-0.1, -0.05) is 36.0 Å². The number of aromatic nitrogens is 3. The van der Waals surface area contributed by atoms with Crippen molar-refractivity contribution in [2.45, 2.75) is 5.03 Å². The maximum Gasteiger partial charge on any atom is 0.328 e. The Hall–Kier alpha value is -2.86. The third kappa shape index (κ3) is 2.82. The van der Waals surface area contributed by atoms with Crippen molar-refractivity contribution in [3.8, 4) is 0 Å². The quantitative estimate of drug-likeness (QED) is 0.412. The zero-order valence-electron chi connectivity index (χ0n) is 14.5. The van der Waals surface area contributed by atoms with Gasteiger partial charge < -0.3 is 0 Å². The van der Waals surface area contributed by atoms with Gasteiger partial charge in [-0.05, 0) is 30.3 Å². The largest absolute Gasteiger partial charge is 0.328 e. The lowest BCUT2D eigenvalue weighted by Gasteiger charge is -2.04. The van der Waals surface area contributed by atoms with E-state index in [1.54, 1.807) is 35.4 Å². The minimum absolute atomic E-state index is 0.0168. The number of carbonyl (C=O) groups is 1. The lowest BCUT2D eigenvalue weighted by Crippen LogP contribution is -2.19. The van der Waals surface area contributed by atoms with Crippen LogP contribution in [-0.2, 0) is 14.1 Å². The van der Waals surface area contributed by atoms with Gasteiger partial charge in [0.15, 0.2) is 5.78 Å². The summed E-state index contributed by atoms with van der Waals surface area (Å²) < 4.78 is 3.14. The SMILES string of the molecule is Cn1c(=O)n(C)c2cc(C(=O)CSc3ccc4ccccc4n3)ccc21. The summed E-state index contributed by atoms with van der Waals surface area (Å²) in [6, 6.07) is 17.2. The normalized spacial score (nSPS) is 11.3. The topological polar surface area (TPSA) is 56.9 Å². The minimum atomic E-state index is -0.0978. The molecule has 4 rings (SSSR count). The van der Waals surface area contributed by atoms with Crippen LogP contribution in [0.4, 0.5) is 0 Å². The third-order valence-electron chi connectivity index (χ3n) is 4.52. The molecule has 26 heavy (non-hydrogen) atoms. The van der Waals surface area contributed by atoms with Gasteiger partial charge in [0.25, 0.3) is 0 Å². The first kappa shape index (κ1) is 16.6. The van der Waals surface area contributed by atoms with E-state index in [1.807, 2.05) is 42.5 Å². The first-order valence-electron chi connectivity index (χ1n) is 8.22. The number of aryl methyl sites for hydroxylation is 2. The van der Waals surface area contributed by atoms with E-state index in [9.17, 15) is 9.59 Å². The van der Waals surface area contributed by atoms with E-state index in [4.69, 9.17) is 0 Å². The lowest BCUT2D eigenvalue weighted by atomic mass is 10.1. The van der Waals surface area contributed by atoms with E-state index in [-0.39, 0.29) is 11.5 Å². The molecule has 0 fully saturated rings. The van der Waals surface area contributed by atoms with Gasteiger partial charge >= 0.3 is 5.69 Å². The van der Waals surface area contributed by atoms with Crippen LogP contribution < -0.4 is 5.69 Å². The van der Waals surface area contributed by atoms with Crippen LogP contribution >= 0.6 is 11.8 Å². The van der Waals surface area contributed by atoms with Gasteiger partial charge in [0, 0.05) is 25.0 Å². The highest BCUT2D eigenvalue weighted by Gasteiger charge is 2.12. The van der Waals surface area contributed by atoms with Crippen molar-refractivity contribution < 1.29 is 4.79 Å². The van der Waals surface area contributed by atoms with Crippen LogP contribution in [0, 0.1) is 0 Å². The standard InChI is InChI=1S/C20H17N3O2S/c1-22-16-9-7-14(11-17(16)23(2)20(22)25)18(24)12-26-19-10-8-13-5-3-4-6-15(13)21-19/h3-11H,12H2,1-2H3. The van der Waals surface area contributed by atoms with E-state index < -0.39 is 0 Å². The predicted molar refractivity (Wildman–Crippen MR) is 105 cm³/mol. The Balaban J connectivity index is 1.56. The number of fused-ring (bicyclic) bond motifs is 2. The van der Waals surface area contributed by atoms with Gasteiger partial charge in [0.2, 0.25) is 0 Å². The average Bonchev–Trinajstić information content (AvgIpc) is 2.89. The molecular weight excluding hydrogens is 346 g/mol. The fourth-order valence-electron chi connectivity index (χ4n) is 3.03. The number of pyridine rings is 1. The van der Waals surface area contributed by atoms with E-state index in [0.717, 1.165) is 27.0 Å². The smallest absolute Gasteiger partial charge is 0.295 e. The van der Waals surface area contributed by atoms with E-state index in [1.165, 1.54) is 11.8 Å². The molecule has 0 radical (unpaired) electrons. The number of benzene rings is 2. The molecule has 0 saturated carbocycles. The summed E-state index contributed by atoms with van der Waals surface area (Å²) in [4.78, 5) is 29.2. The molecule has 4 aromatic rings. The summed E-state index contributed by atoms with van der Waals surface area (Å²) in [7, 11) is 3.44. The van der Waals surface area contributed by atoms with Gasteiger partial charge in [-0.3, -0.25) is 13.9 Å². The van der Waals surface area contributed by atoms with Crippen LogP contribution in [0.25, 0.3) is 21.9 Å². The molecule has 2 aromatic carbocycles. The summed E-state index contributed by atoms with van der Waals surface area (Å²) in [6.45, 7) is 0. The molecule has 0 amide bonds. The van der Waals surface area contributed by atoms with E-state index in [2.05, 4.69) is 4.98 Å². The molecule has 130 valence electrons. The van der Waals surface area contributed by atoms with Crippen molar-refractivity contribution >= 4 is 39.5 Å².